The summed E-state index contributed by atoms with van der Waals surface area (Å²) in [5.74, 6) is 0.128. The van der Waals surface area contributed by atoms with E-state index < -0.39 is 0 Å². The zero-order valence-corrected chi connectivity index (χ0v) is 15.2. The van der Waals surface area contributed by atoms with Gasteiger partial charge in [-0.1, -0.05) is 29.8 Å². The number of amides is 1. The van der Waals surface area contributed by atoms with Gasteiger partial charge in [-0.05, 0) is 49.6 Å². The van der Waals surface area contributed by atoms with Crippen molar-refractivity contribution in [2.24, 2.45) is 4.99 Å². The van der Waals surface area contributed by atoms with E-state index in [1.54, 1.807) is 0 Å². The van der Waals surface area contributed by atoms with Crippen LogP contribution in [0.3, 0.4) is 0 Å². The first kappa shape index (κ1) is 16.0. The molecule has 0 spiro atoms. The van der Waals surface area contributed by atoms with Crippen molar-refractivity contribution < 1.29 is 9.28 Å². The Morgan fingerprint density at radius 3 is 2.44 bits per heavy atom. The molecule has 3 heteroatoms. The van der Waals surface area contributed by atoms with E-state index in [0.717, 1.165) is 23.2 Å². The maximum atomic E-state index is 13.4. The van der Waals surface area contributed by atoms with E-state index in [9.17, 15) is 4.79 Å². The minimum absolute atomic E-state index is 0.0526. The Bertz CT molecular complexity index is 937. The molecular weight excluding hydrogens is 308 g/mol. The maximum Gasteiger partial charge on any atom is 0.352 e. The fourth-order valence-corrected chi connectivity index (χ4v) is 3.75. The molecule has 0 N–H and O–H groups in total. The average Bonchev–Trinajstić information content (AvgIpc) is 2.89. The number of benzene rings is 2. The van der Waals surface area contributed by atoms with Gasteiger partial charge in [-0.25, -0.2) is 9.28 Å². The summed E-state index contributed by atoms with van der Waals surface area (Å²) >= 11 is 0. The van der Waals surface area contributed by atoms with Crippen molar-refractivity contribution in [1.29, 1.82) is 0 Å². The summed E-state index contributed by atoms with van der Waals surface area (Å²) < 4.78 is 0.266. The highest BCUT2D eigenvalue weighted by molar-refractivity contribution is 5.99. The third-order valence-electron chi connectivity index (χ3n) is 5.63. The van der Waals surface area contributed by atoms with Crippen molar-refractivity contribution in [2.45, 2.75) is 33.2 Å². The lowest BCUT2D eigenvalue weighted by Crippen LogP contribution is -2.49. The van der Waals surface area contributed by atoms with Gasteiger partial charge in [0.2, 0.25) is 0 Å². The first-order valence-corrected chi connectivity index (χ1v) is 8.73. The quantitative estimate of drug-likeness (QED) is 0.695. The van der Waals surface area contributed by atoms with Crippen LogP contribution in [0.4, 0.5) is 5.69 Å². The molecule has 3 nitrogen and oxygen atoms in total. The van der Waals surface area contributed by atoms with Crippen LogP contribution < -0.4 is 0 Å². The van der Waals surface area contributed by atoms with E-state index >= 15 is 0 Å². The van der Waals surface area contributed by atoms with Gasteiger partial charge in [-0.2, -0.15) is 0 Å². The van der Waals surface area contributed by atoms with E-state index in [-0.39, 0.29) is 16.4 Å². The summed E-state index contributed by atoms with van der Waals surface area (Å²) in [5.41, 5.74) is 7.49. The van der Waals surface area contributed by atoms with Gasteiger partial charge in [0.25, 0.3) is 0 Å². The molecule has 0 radical (unpaired) electrons. The van der Waals surface area contributed by atoms with Crippen molar-refractivity contribution in [3.05, 3.63) is 70.4 Å². The monoisotopic (exact) mass is 331 g/mol. The summed E-state index contributed by atoms with van der Waals surface area (Å²) in [7, 11) is 2.00. The van der Waals surface area contributed by atoms with Crippen molar-refractivity contribution in [2.75, 3.05) is 7.05 Å². The van der Waals surface area contributed by atoms with Gasteiger partial charge in [0, 0.05) is 12.0 Å². The third kappa shape index (κ3) is 2.47. The molecule has 2 atom stereocenters. The number of nitrogens with zero attached hydrogens (tertiary/aromatic N) is 2. The van der Waals surface area contributed by atoms with Crippen LogP contribution in [-0.2, 0) is 0 Å². The molecule has 0 aromatic heterocycles. The maximum absolute atomic E-state index is 13.4. The third-order valence-corrected chi connectivity index (χ3v) is 5.63. The number of hydrogen-bond acceptors (Lipinski definition) is 2. The molecule has 4 rings (SSSR count). The van der Waals surface area contributed by atoms with Gasteiger partial charge in [0.05, 0.1) is 18.9 Å². The standard InChI is InChI=1S/C22H23N2O/c1-14-5-7-17(8-6-14)18-11-19-12-23-21-10-16(3)15(2)9-20(21)22(25)24(19,4)13-18/h5-10,12-13,19H,11H2,1-4H3/q+1/t19-,24?/m0/s1. The van der Waals surface area contributed by atoms with Gasteiger partial charge in [-0.3, -0.25) is 4.99 Å². The fraction of sp³-hybridized carbons (Fsp3) is 0.273. The smallest absolute Gasteiger partial charge is 0.254 e. The Hall–Kier alpha value is -2.52. The second kappa shape index (κ2) is 5.50. The summed E-state index contributed by atoms with van der Waals surface area (Å²) in [6.45, 7) is 6.20. The first-order chi connectivity index (χ1) is 11.9. The Morgan fingerprint density at radius 1 is 1.04 bits per heavy atom. The minimum atomic E-state index is 0.0526. The number of aryl methyl sites for hydroxylation is 3. The summed E-state index contributed by atoms with van der Waals surface area (Å²) in [6.07, 6.45) is 4.92. The molecule has 0 bridgehead atoms. The molecule has 1 unspecified atom stereocenters. The van der Waals surface area contributed by atoms with Crippen LogP contribution in [0, 0.1) is 20.8 Å². The predicted molar refractivity (Wildman–Crippen MR) is 102 cm³/mol. The number of quaternary nitrogens is 1. The fourth-order valence-electron chi connectivity index (χ4n) is 3.75. The molecule has 2 aromatic rings. The van der Waals surface area contributed by atoms with Crippen LogP contribution in [-0.4, -0.2) is 29.7 Å². The first-order valence-electron chi connectivity index (χ1n) is 8.73. The zero-order valence-electron chi connectivity index (χ0n) is 15.2. The number of carbonyl (C=O) groups excluding carboxylic acids is 1. The summed E-state index contributed by atoms with van der Waals surface area (Å²) in [4.78, 5) is 18.1. The molecule has 126 valence electrons. The molecular formula is C22H23N2O+. The normalized spacial score (nSPS) is 24.6. The molecule has 0 saturated heterocycles. The van der Waals surface area contributed by atoms with Crippen LogP contribution >= 0.6 is 0 Å². The van der Waals surface area contributed by atoms with E-state index in [4.69, 9.17) is 0 Å². The Balaban J connectivity index is 1.81. The van der Waals surface area contributed by atoms with Crippen LogP contribution in [0.2, 0.25) is 0 Å². The Kier molecular flexibility index (Phi) is 3.51. The van der Waals surface area contributed by atoms with E-state index in [1.165, 1.54) is 22.3 Å². The minimum Gasteiger partial charge on any atom is -0.254 e. The van der Waals surface area contributed by atoms with Gasteiger partial charge in [0.1, 0.15) is 17.8 Å². The summed E-state index contributed by atoms with van der Waals surface area (Å²) in [5, 5.41) is 0. The van der Waals surface area contributed by atoms with Gasteiger partial charge >= 0.3 is 5.91 Å². The molecule has 2 aliphatic rings. The lowest BCUT2D eigenvalue weighted by atomic mass is 10.0. The second-order valence-corrected chi connectivity index (χ2v) is 7.48. The molecule has 0 fully saturated rings. The summed E-state index contributed by atoms with van der Waals surface area (Å²) in [6, 6.07) is 12.6. The van der Waals surface area contributed by atoms with Crippen LogP contribution in [0.1, 0.15) is 39.0 Å². The van der Waals surface area contributed by atoms with E-state index in [0.29, 0.717) is 0 Å². The van der Waals surface area contributed by atoms with Crippen LogP contribution in [0.5, 0.6) is 0 Å². The molecule has 2 aliphatic heterocycles. The Labute approximate surface area is 148 Å². The number of hydrogen-bond donors (Lipinski definition) is 0. The zero-order chi connectivity index (χ0) is 17.8. The molecule has 0 saturated carbocycles. The van der Waals surface area contributed by atoms with Crippen LogP contribution in [0.25, 0.3) is 5.57 Å². The second-order valence-electron chi connectivity index (χ2n) is 7.48. The van der Waals surface area contributed by atoms with E-state index in [2.05, 4.69) is 49.3 Å². The van der Waals surface area contributed by atoms with Crippen molar-refractivity contribution in [3.63, 3.8) is 0 Å². The largest absolute Gasteiger partial charge is 0.352 e. The Morgan fingerprint density at radius 2 is 1.72 bits per heavy atom. The highest BCUT2D eigenvalue weighted by Gasteiger charge is 2.46. The van der Waals surface area contributed by atoms with Gasteiger partial charge in [0.15, 0.2) is 0 Å². The molecule has 0 aliphatic carbocycles. The van der Waals surface area contributed by atoms with Gasteiger partial charge in [-0.15, -0.1) is 0 Å². The van der Waals surface area contributed by atoms with Crippen molar-refractivity contribution >= 4 is 23.4 Å². The van der Waals surface area contributed by atoms with Gasteiger partial charge < -0.3 is 0 Å². The van der Waals surface area contributed by atoms with E-state index in [1.807, 2.05) is 32.3 Å². The highest BCUT2D eigenvalue weighted by Crippen LogP contribution is 2.39. The highest BCUT2D eigenvalue weighted by atomic mass is 16.2. The topological polar surface area (TPSA) is 29.4 Å². The van der Waals surface area contributed by atoms with Crippen molar-refractivity contribution in [1.82, 2.24) is 0 Å². The number of fused-ring (bicyclic) bond motifs is 2. The lowest BCUT2D eigenvalue weighted by molar-refractivity contribution is -0.783. The molecule has 2 aromatic carbocycles. The molecule has 25 heavy (non-hydrogen) atoms. The average molecular weight is 331 g/mol. The van der Waals surface area contributed by atoms with Crippen LogP contribution in [0.15, 0.2) is 47.6 Å². The SMILES string of the molecule is Cc1ccc(C2=C[N+]3(C)C(=O)c4cc(C)c(C)cc4N=C[C@@H]3C2)cc1. The molecule has 2 heterocycles. The number of carbonyl (C=O) groups is 1. The predicted octanol–water partition coefficient (Wildman–Crippen LogP) is 4.73. The lowest BCUT2D eigenvalue weighted by Gasteiger charge is -2.28. The number of rotatable bonds is 1. The number of aliphatic imine (C=N–C) groups is 1. The van der Waals surface area contributed by atoms with Crippen molar-refractivity contribution in [3.8, 4) is 0 Å². The molecule has 1 amide bonds.